The Morgan fingerprint density at radius 2 is 2.04 bits per heavy atom. The van der Waals surface area contributed by atoms with Crippen LogP contribution in [-0.4, -0.2) is 27.5 Å². The molecule has 1 amide bonds. The number of carbonyl (C=O) groups excluding carboxylic acids is 1. The monoisotopic (exact) mass is 326 g/mol. The molecule has 1 heterocycles. The van der Waals surface area contributed by atoms with Crippen LogP contribution in [0.5, 0.6) is 5.75 Å². The molecule has 0 atom stereocenters. The van der Waals surface area contributed by atoms with Gasteiger partial charge in [-0.05, 0) is 30.3 Å². The van der Waals surface area contributed by atoms with Gasteiger partial charge in [-0.1, -0.05) is 6.07 Å². The highest BCUT2D eigenvalue weighted by Gasteiger charge is 2.17. The number of non-ortho nitro benzene ring substituents is 1. The van der Waals surface area contributed by atoms with Gasteiger partial charge < -0.3 is 14.6 Å². The standard InChI is InChI=1S/C16H14N4O4/c1-24-12-7-5-11(6-8-12)18-15(21)9-19-10-17-13-3-2-4-14(16(13)19)20(22)23/h2-8,10H,9H2,1H3,(H,18,21). The Morgan fingerprint density at radius 3 is 2.71 bits per heavy atom. The number of hydrogen-bond donors (Lipinski definition) is 1. The second-order valence-electron chi connectivity index (χ2n) is 5.05. The number of anilines is 1. The van der Waals surface area contributed by atoms with Crippen molar-refractivity contribution in [3.63, 3.8) is 0 Å². The van der Waals surface area contributed by atoms with E-state index in [-0.39, 0.29) is 18.1 Å². The predicted octanol–water partition coefficient (Wildman–Crippen LogP) is 2.59. The van der Waals surface area contributed by atoms with Gasteiger partial charge in [-0.2, -0.15) is 0 Å². The number of rotatable bonds is 5. The summed E-state index contributed by atoms with van der Waals surface area (Å²) in [4.78, 5) is 27.0. The van der Waals surface area contributed by atoms with Gasteiger partial charge in [0.25, 0.3) is 5.69 Å². The van der Waals surface area contributed by atoms with Gasteiger partial charge in [0.05, 0.1) is 23.9 Å². The van der Waals surface area contributed by atoms with Gasteiger partial charge in [0, 0.05) is 11.8 Å². The minimum absolute atomic E-state index is 0.0760. The molecular weight excluding hydrogens is 312 g/mol. The first-order valence-electron chi connectivity index (χ1n) is 7.10. The minimum atomic E-state index is -0.484. The summed E-state index contributed by atoms with van der Waals surface area (Å²) in [6.45, 7) is -0.0760. The van der Waals surface area contributed by atoms with Crippen molar-refractivity contribution >= 4 is 28.3 Å². The summed E-state index contributed by atoms with van der Waals surface area (Å²) >= 11 is 0. The van der Waals surface area contributed by atoms with Crippen molar-refractivity contribution in [3.05, 3.63) is 58.9 Å². The Labute approximate surface area is 136 Å². The van der Waals surface area contributed by atoms with Crippen molar-refractivity contribution in [2.75, 3.05) is 12.4 Å². The van der Waals surface area contributed by atoms with Crippen LogP contribution >= 0.6 is 0 Å². The fourth-order valence-corrected chi connectivity index (χ4v) is 2.40. The number of benzene rings is 2. The van der Waals surface area contributed by atoms with Gasteiger partial charge >= 0.3 is 0 Å². The fourth-order valence-electron chi connectivity index (χ4n) is 2.40. The zero-order valence-electron chi connectivity index (χ0n) is 12.8. The minimum Gasteiger partial charge on any atom is -0.497 e. The maximum absolute atomic E-state index is 12.2. The molecule has 0 aliphatic carbocycles. The van der Waals surface area contributed by atoms with Crippen LogP contribution in [0.2, 0.25) is 0 Å². The van der Waals surface area contributed by atoms with E-state index in [9.17, 15) is 14.9 Å². The summed E-state index contributed by atoms with van der Waals surface area (Å²) in [7, 11) is 1.56. The van der Waals surface area contributed by atoms with E-state index in [1.54, 1.807) is 43.5 Å². The number of nitro groups is 1. The second-order valence-corrected chi connectivity index (χ2v) is 5.05. The number of ether oxygens (including phenoxy) is 1. The van der Waals surface area contributed by atoms with Crippen LogP contribution in [0.1, 0.15) is 0 Å². The predicted molar refractivity (Wildman–Crippen MR) is 88.0 cm³/mol. The lowest BCUT2D eigenvalue weighted by Crippen LogP contribution is -2.18. The smallest absolute Gasteiger partial charge is 0.295 e. The number of imidazole rings is 1. The van der Waals surface area contributed by atoms with Crippen LogP contribution in [0.4, 0.5) is 11.4 Å². The van der Waals surface area contributed by atoms with Crippen molar-refractivity contribution in [2.24, 2.45) is 0 Å². The summed E-state index contributed by atoms with van der Waals surface area (Å²) in [5, 5.41) is 13.9. The molecule has 122 valence electrons. The summed E-state index contributed by atoms with van der Waals surface area (Å²) in [5.74, 6) is 0.377. The van der Waals surface area contributed by atoms with Gasteiger partial charge in [-0.25, -0.2) is 4.98 Å². The topological polar surface area (TPSA) is 99.3 Å². The number of nitro benzene ring substituents is 1. The fraction of sp³-hybridized carbons (Fsp3) is 0.125. The quantitative estimate of drug-likeness (QED) is 0.574. The van der Waals surface area contributed by atoms with Crippen LogP contribution in [0.3, 0.4) is 0 Å². The van der Waals surface area contributed by atoms with Crippen LogP contribution < -0.4 is 10.1 Å². The summed E-state index contributed by atoms with van der Waals surface area (Å²) in [5.41, 5.74) is 1.33. The number of amides is 1. The Balaban J connectivity index is 1.81. The average Bonchev–Trinajstić information content (AvgIpc) is 2.98. The first kappa shape index (κ1) is 15.5. The number of nitrogens with zero attached hydrogens (tertiary/aromatic N) is 3. The summed E-state index contributed by atoms with van der Waals surface area (Å²) < 4.78 is 6.52. The molecule has 8 nitrogen and oxygen atoms in total. The molecule has 0 fully saturated rings. The molecule has 0 radical (unpaired) electrons. The molecule has 0 bridgehead atoms. The van der Waals surface area contributed by atoms with Crippen LogP contribution in [-0.2, 0) is 11.3 Å². The first-order valence-corrected chi connectivity index (χ1v) is 7.10. The van der Waals surface area contributed by atoms with Crippen LogP contribution in [0, 0.1) is 10.1 Å². The molecule has 0 aliphatic heterocycles. The third-order valence-electron chi connectivity index (χ3n) is 3.50. The molecular formula is C16H14N4O4. The maximum atomic E-state index is 12.2. The van der Waals surface area contributed by atoms with E-state index in [1.165, 1.54) is 17.0 Å². The Kier molecular flexibility index (Phi) is 4.11. The van der Waals surface area contributed by atoms with E-state index >= 15 is 0 Å². The van der Waals surface area contributed by atoms with Gasteiger partial charge in [-0.3, -0.25) is 14.9 Å². The average molecular weight is 326 g/mol. The summed E-state index contributed by atoms with van der Waals surface area (Å²) in [6.07, 6.45) is 1.42. The van der Waals surface area contributed by atoms with Gasteiger partial charge in [-0.15, -0.1) is 0 Å². The molecule has 24 heavy (non-hydrogen) atoms. The molecule has 0 unspecified atom stereocenters. The lowest BCUT2D eigenvalue weighted by atomic mass is 10.2. The van der Waals surface area contributed by atoms with Gasteiger partial charge in [0.15, 0.2) is 0 Å². The molecule has 0 saturated carbocycles. The number of aromatic nitrogens is 2. The Morgan fingerprint density at radius 1 is 1.29 bits per heavy atom. The number of methoxy groups -OCH3 is 1. The van der Waals surface area contributed by atoms with E-state index < -0.39 is 4.92 Å². The van der Waals surface area contributed by atoms with Crippen molar-refractivity contribution in [1.29, 1.82) is 0 Å². The molecule has 0 aliphatic rings. The van der Waals surface area contributed by atoms with E-state index in [4.69, 9.17) is 4.74 Å². The molecule has 0 saturated heterocycles. The number of carbonyl (C=O) groups is 1. The van der Waals surface area contributed by atoms with Crippen LogP contribution in [0.25, 0.3) is 11.0 Å². The molecule has 1 N–H and O–H groups in total. The van der Waals surface area contributed by atoms with Crippen molar-refractivity contribution in [3.8, 4) is 5.75 Å². The van der Waals surface area contributed by atoms with E-state index in [0.717, 1.165) is 0 Å². The zero-order chi connectivity index (χ0) is 17.1. The van der Waals surface area contributed by atoms with E-state index in [1.807, 2.05) is 0 Å². The molecule has 1 aromatic heterocycles. The third kappa shape index (κ3) is 3.02. The zero-order valence-corrected chi connectivity index (χ0v) is 12.8. The van der Waals surface area contributed by atoms with Crippen molar-refractivity contribution in [2.45, 2.75) is 6.54 Å². The SMILES string of the molecule is COc1ccc(NC(=O)Cn2cnc3cccc([N+](=O)[O-])c32)cc1. The van der Waals surface area contributed by atoms with Crippen molar-refractivity contribution in [1.82, 2.24) is 9.55 Å². The second kappa shape index (κ2) is 6.37. The molecule has 2 aromatic carbocycles. The Hall–Kier alpha value is -3.42. The third-order valence-corrected chi connectivity index (χ3v) is 3.50. The largest absolute Gasteiger partial charge is 0.497 e. The number of para-hydroxylation sites is 1. The lowest BCUT2D eigenvalue weighted by Gasteiger charge is -2.07. The number of fused-ring (bicyclic) bond motifs is 1. The number of hydrogen-bond acceptors (Lipinski definition) is 5. The van der Waals surface area contributed by atoms with Crippen molar-refractivity contribution < 1.29 is 14.5 Å². The highest BCUT2D eigenvalue weighted by Crippen LogP contribution is 2.24. The summed E-state index contributed by atoms with van der Waals surface area (Å²) in [6, 6.07) is 11.5. The van der Waals surface area contributed by atoms with Gasteiger partial charge in [0.2, 0.25) is 5.91 Å². The van der Waals surface area contributed by atoms with E-state index in [2.05, 4.69) is 10.3 Å². The normalized spacial score (nSPS) is 10.5. The Bertz CT molecular complexity index is 902. The number of nitrogens with one attached hydrogen (secondary N) is 1. The van der Waals surface area contributed by atoms with Gasteiger partial charge in [0.1, 0.15) is 17.8 Å². The highest BCUT2D eigenvalue weighted by molar-refractivity contribution is 5.92. The first-order chi connectivity index (χ1) is 11.6. The highest BCUT2D eigenvalue weighted by atomic mass is 16.6. The van der Waals surface area contributed by atoms with E-state index in [0.29, 0.717) is 22.5 Å². The molecule has 0 spiro atoms. The maximum Gasteiger partial charge on any atom is 0.295 e. The van der Waals surface area contributed by atoms with Crippen LogP contribution in [0.15, 0.2) is 48.8 Å². The molecule has 3 aromatic rings. The molecule has 3 rings (SSSR count). The lowest BCUT2D eigenvalue weighted by molar-refractivity contribution is -0.383. The molecule has 8 heteroatoms.